The zero-order chi connectivity index (χ0) is 20.9. The quantitative estimate of drug-likeness (QED) is 0.592. The van der Waals surface area contributed by atoms with Gasteiger partial charge in [0.2, 0.25) is 15.9 Å². The Bertz CT molecular complexity index is 1070. The number of nitrogens with zero attached hydrogens (tertiary/aromatic N) is 3. The van der Waals surface area contributed by atoms with Gasteiger partial charge in [0.15, 0.2) is 0 Å². The number of hydrogen-bond donors (Lipinski definition) is 1. The van der Waals surface area contributed by atoms with E-state index in [0.29, 0.717) is 18.0 Å². The lowest BCUT2D eigenvalue weighted by Crippen LogP contribution is -2.39. The molecule has 3 rings (SSSR count). The van der Waals surface area contributed by atoms with Gasteiger partial charge in [-0.15, -0.1) is 0 Å². The van der Waals surface area contributed by atoms with E-state index in [9.17, 15) is 13.2 Å². The molecule has 152 valence electrons. The van der Waals surface area contributed by atoms with Gasteiger partial charge in [-0.2, -0.15) is 9.40 Å². The molecule has 0 radical (unpaired) electrons. The van der Waals surface area contributed by atoms with Crippen molar-refractivity contribution in [3.05, 3.63) is 77.6 Å². The van der Waals surface area contributed by atoms with Crippen LogP contribution in [0.1, 0.15) is 5.56 Å². The first-order chi connectivity index (χ1) is 13.9. The summed E-state index contributed by atoms with van der Waals surface area (Å²) in [6.07, 6.45) is 4.24. The molecular formula is C20H21ClN4O3S. The van der Waals surface area contributed by atoms with E-state index in [1.54, 1.807) is 10.9 Å². The Kier molecular flexibility index (Phi) is 6.68. The highest BCUT2D eigenvalue weighted by molar-refractivity contribution is 7.89. The normalized spacial score (nSPS) is 11.6. The molecule has 29 heavy (non-hydrogen) atoms. The molecule has 2 aromatic carbocycles. The van der Waals surface area contributed by atoms with Crippen LogP contribution < -0.4 is 5.32 Å². The second kappa shape index (κ2) is 9.21. The van der Waals surface area contributed by atoms with Gasteiger partial charge in [0, 0.05) is 24.8 Å². The predicted molar refractivity (Wildman–Crippen MR) is 112 cm³/mol. The van der Waals surface area contributed by atoms with Gasteiger partial charge in [-0.3, -0.25) is 4.79 Å². The SMILES string of the molecule is CN(CC(=O)NCCc1cnn(-c2ccccc2)c1)S(=O)(=O)c1ccc(Cl)cc1. The molecule has 0 fully saturated rings. The Labute approximate surface area is 175 Å². The van der Waals surface area contributed by atoms with Crippen molar-refractivity contribution in [1.82, 2.24) is 19.4 Å². The Morgan fingerprint density at radius 3 is 2.52 bits per heavy atom. The molecule has 3 aromatic rings. The Morgan fingerprint density at radius 1 is 1.14 bits per heavy atom. The summed E-state index contributed by atoms with van der Waals surface area (Å²) in [5.74, 6) is -0.375. The Balaban J connectivity index is 1.50. The van der Waals surface area contributed by atoms with Crippen molar-refractivity contribution in [2.75, 3.05) is 20.1 Å². The highest BCUT2D eigenvalue weighted by Crippen LogP contribution is 2.17. The maximum Gasteiger partial charge on any atom is 0.243 e. The van der Waals surface area contributed by atoms with Crippen molar-refractivity contribution in [3.8, 4) is 5.69 Å². The average Bonchev–Trinajstić information content (AvgIpc) is 3.18. The van der Waals surface area contributed by atoms with Gasteiger partial charge < -0.3 is 5.32 Å². The number of halogens is 1. The highest BCUT2D eigenvalue weighted by atomic mass is 35.5. The molecule has 0 saturated heterocycles. The van der Waals surface area contributed by atoms with Crippen LogP contribution in [0, 0.1) is 0 Å². The van der Waals surface area contributed by atoms with Crippen LogP contribution in [0.15, 0.2) is 71.9 Å². The second-order valence-electron chi connectivity index (χ2n) is 6.44. The molecule has 0 aliphatic carbocycles. The lowest BCUT2D eigenvalue weighted by molar-refractivity contribution is -0.121. The summed E-state index contributed by atoms with van der Waals surface area (Å²) < 4.78 is 27.8. The molecular weight excluding hydrogens is 412 g/mol. The molecule has 9 heteroatoms. The molecule has 1 amide bonds. The minimum atomic E-state index is -3.75. The molecule has 0 atom stereocenters. The van der Waals surface area contributed by atoms with Gasteiger partial charge >= 0.3 is 0 Å². The van der Waals surface area contributed by atoms with Gasteiger partial charge in [0.05, 0.1) is 23.3 Å². The number of benzene rings is 2. The van der Waals surface area contributed by atoms with E-state index in [-0.39, 0.29) is 17.3 Å². The van der Waals surface area contributed by atoms with E-state index in [1.807, 2.05) is 36.5 Å². The highest BCUT2D eigenvalue weighted by Gasteiger charge is 2.22. The van der Waals surface area contributed by atoms with Gasteiger partial charge in [0.1, 0.15) is 0 Å². The number of para-hydroxylation sites is 1. The van der Waals surface area contributed by atoms with E-state index in [1.165, 1.54) is 31.3 Å². The first kappa shape index (κ1) is 21.0. The molecule has 1 aromatic heterocycles. The summed E-state index contributed by atoms with van der Waals surface area (Å²) in [6.45, 7) is 0.113. The molecule has 0 spiro atoms. The molecule has 0 aliphatic heterocycles. The zero-order valence-corrected chi connectivity index (χ0v) is 17.4. The summed E-state index contributed by atoms with van der Waals surface area (Å²) in [5.41, 5.74) is 1.92. The topological polar surface area (TPSA) is 84.3 Å². The van der Waals surface area contributed by atoms with Crippen molar-refractivity contribution in [1.29, 1.82) is 0 Å². The molecule has 7 nitrogen and oxygen atoms in total. The maximum absolute atomic E-state index is 12.5. The summed E-state index contributed by atoms with van der Waals surface area (Å²) >= 11 is 5.79. The van der Waals surface area contributed by atoms with Crippen molar-refractivity contribution < 1.29 is 13.2 Å². The van der Waals surface area contributed by atoms with Crippen LogP contribution in [0.5, 0.6) is 0 Å². The second-order valence-corrected chi connectivity index (χ2v) is 8.92. The van der Waals surface area contributed by atoms with Crippen molar-refractivity contribution in [2.24, 2.45) is 0 Å². The minimum absolute atomic E-state index is 0.0885. The number of carbonyl (C=O) groups is 1. The third-order valence-electron chi connectivity index (χ3n) is 4.28. The number of sulfonamides is 1. The molecule has 1 heterocycles. The third-order valence-corrected chi connectivity index (χ3v) is 6.35. The van der Waals surface area contributed by atoms with E-state index < -0.39 is 10.0 Å². The van der Waals surface area contributed by atoms with Crippen LogP contribution in [0.4, 0.5) is 0 Å². The fourth-order valence-corrected chi connectivity index (χ4v) is 3.94. The third kappa shape index (κ3) is 5.44. The molecule has 0 bridgehead atoms. The van der Waals surface area contributed by atoms with Crippen molar-refractivity contribution >= 4 is 27.5 Å². The van der Waals surface area contributed by atoms with E-state index in [0.717, 1.165) is 15.6 Å². The van der Waals surface area contributed by atoms with E-state index >= 15 is 0 Å². The van der Waals surface area contributed by atoms with Crippen molar-refractivity contribution in [2.45, 2.75) is 11.3 Å². The number of rotatable bonds is 8. The Hall–Kier alpha value is -2.68. The zero-order valence-electron chi connectivity index (χ0n) is 15.8. The largest absolute Gasteiger partial charge is 0.355 e. The number of carbonyl (C=O) groups excluding carboxylic acids is 1. The van der Waals surface area contributed by atoms with Crippen molar-refractivity contribution in [3.63, 3.8) is 0 Å². The number of hydrogen-bond acceptors (Lipinski definition) is 4. The van der Waals surface area contributed by atoms with E-state index in [2.05, 4.69) is 10.4 Å². The lowest BCUT2D eigenvalue weighted by Gasteiger charge is -2.16. The first-order valence-corrected chi connectivity index (χ1v) is 10.8. The fourth-order valence-electron chi connectivity index (χ4n) is 2.69. The predicted octanol–water partition coefficient (Wildman–Crippen LogP) is 2.51. The van der Waals surface area contributed by atoms with Gasteiger partial charge in [-0.1, -0.05) is 29.8 Å². The van der Waals surface area contributed by atoms with Gasteiger partial charge in [0.25, 0.3) is 0 Å². The number of likely N-dealkylation sites (N-methyl/N-ethyl adjacent to an activating group) is 1. The summed E-state index contributed by atoms with van der Waals surface area (Å²) in [6, 6.07) is 15.5. The number of amides is 1. The molecule has 0 aliphatic rings. The first-order valence-electron chi connectivity index (χ1n) is 8.94. The van der Waals surface area contributed by atoms with Crippen LogP contribution in [0.3, 0.4) is 0 Å². The standard InChI is InChI=1S/C20H21ClN4O3S/c1-24(29(27,28)19-9-7-17(21)8-10-19)15-20(26)22-12-11-16-13-23-25(14-16)18-5-3-2-4-6-18/h2-10,13-14H,11-12,15H2,1H3,(H,22,26). The number of nitrogens with one attached hydrogen (secondary N) is 1. The van der Waals surface area contributed by atoms with E-state index in [4.69, 9.17) is 11.6 Å². The molecule has 0 unspecified atom stereocenters. The van der Waals surface area contributed by atoms with Crippen LogP contribution in [0.2, 0.25) is 5.02 Å². The summed E-state index contributed by atoms with van der Waals surface area (Å²) in [5, 5.41) is 7.50. The summed E-state index contributed by atoms with van der Waals surface area (Å²) in [4.78, 5) is 12.2. The average molecular weight is 433 g/mol. The van der Waals surface area contributed by atoms with Crippen LogP contribution in [-0.2, 0) is 21.2 Å². The molecule has 0 saturated carbocycles. The fraction of sp³-hybridized carbons (Fsp3) is 0.200. The molecule has 1 N–H and O–H groups in total. The van der Waals surface area contributed by atoms with Gasteiger partial charge in [-0.05, 0) is 48.4 Å². The van der Waals surface area contributed by atoms with Gasteiger partial charge in [-0.25, -0.2) is 13.1 Å². The summed E-state index contributed by atoms with van der Waals surface area (Å²) in [7, 11) is -2.39. The van der Waals surface area contributed by atoms with Crippen LogP contribution in [0.25, 0.3) is 5.69 Å². The minimum Gasteiger partial charge on any atom is -0.355 e. The monoisotopic (exact) mass is 432 g/mol. The lowest BCUT2D eigenvalue weighted by atomic mass is 10.2. The smallest absolute Gasteiger partial charge is 0.243 e. The van der Waals surface area contributed by atoms with Crippen LogP contribution in [-0.4, -0.2) is 48.5 Å². The maximum atomic E-state index is 12.5. The Morgan fingerprint density at radius 2 is 1.83 bits per heavy atom. The number of aromatic nitrogens is 2. The van der Waals surface area contributed by atoms with Crippen LogP contribution >= 0.6 is 11.6 Å².